The summed E-state index contributed by atoms with van der Waals surface area (Å²) in [6, 6.07) is 40.9. The van der Waals surface area contributed by atoms with Crippen LogP contribution < -0.4 is 0 Å². The smallest absolute Gasteiger partial charge is 0.0998 e. The van der Waals surface area contributed by atoms with Crippen LogP contribution in [0.1, 0.15) is 22.3 Å². The molecular weight excluding hydrogens is 478 g/mol. The lowest BCUT2D eigenvalue weighted by molar-refractivity contribution is 1.18. The number of hydrogen-bond donors (Lipinski definition) is 0. The summed E-state index contributed by atoms with van der Waals surface area (Å²) in [5.41, 5.74) is 6.32. The van der Waals surface area contributed by atoms with Crippen molar-refractivity contribution in [1.29, 1.82) is 21.0 Å². The summed E-state index contributed by atoms with van der Waals surface area (Å²) in [7, 11) is 0. The largest absolute Gasteiger partial charge is 0.308 e. The van der Waals surface area contributed by atoms with Crippen molar-refractivity contribution < 1.29 is 0 Å². The summed E-state index contributed by atoms with van der Waals surface area (Å²) in [5.74, 6) is 0. The van der Waals surface area contributed by atoms with Gasteiger partial charge in [0.2, 0.25) is 0 Å². The molecule has 0 unspecified atom stereocenters. The summed E-state index contributed by atoms with van der Waals surface area (Å²) in [6.07, 6.45) is 0. The van der Waals surface area contributed by atoms with Gasteiger partial charge in [-0.15, -0.1) is 0 Å². The van der Waals surface area contributed by atoms with Crippen LogP contribution >= 0.6 is 0 Å². The normalized spacial score (nSPS) is 10.5. The second-order valence-corrected chi connectivity index (χ2v) is 8.97. The van der Waals surface area contributed by atoms with Gasteiger partial charge in [-0.1, -0.05) is 66.7 Å². The monoisotopic (exact) mass is 495 g/mol. The van der Waals surface area contributed by atoms with Gasteiger partial charge in [-0.3, -0.25) is 0 Å². The Labute approximate surface area is 224 Å². The van der Waals surface area contributed by atoms with Gasteiger partial charge in [0.15, 0.2) is 0 Å². The number of aromatic nitrogens is 1. The first kappa shape index (κ1) is 23.3. The molecule has 0 aliphatic rings. The van der Waals surface area contributed by atoms with Crippen LogP contribution in [0.5, 0.6) is 0 Å². The van der Waals surface area contributed by atoms with E-state index < -0.39 is 0 Å². The standard InChI is InChI=1S/C34H17N5/c35-18-22-8-5-9-23(19-36)32(22)28-14-7-15-29(33-24(20-37)10-6-11-25(33)21-38)34(28)39-30-16-3-1-12-26(30)27-13-2-4-17-31(27)39/h1-17H. The predicted octanol–water partition coefficient (Wildman–Crippen LogP) is 7.60. The second kappa shape index (κ2) is 9.38. The molecule has 0 amide bonds. The summed E-state index contributed by atoms with van der Waals surface area (Å²) in [6.45, 7) is 0. The van der Waals surface area contributed by atoms with Gasteiger partial charge in [0, 0.05) is 33.0 Å². The Kier molecular flexibility index (Phi) is 5.60. The summed E-state index contributed by atoms with van der Waals surface area (Å²) >= 11 is 0. The average Bonchev–Trinajstić information content (AvgIpc) is 3.33. The Bertz CT molecular complexity index is 1910. The van der Waals surface area contributed by atoms with Gasteiger partial charge in [0.25, 0.3) is 0 Å². The average molecular weight is 496 g/mol. The van der Waals surface area contributed by atoms with Crippen LogP contribution in [0.4, 0.5) is 0 Å². The quantitative estimate of drug-likeness (QED) is 0.252. The van der Waals surface area contributed by atoms with E-state index in [4.69, 9.17) is 0 Å². The molecule has 6 rings (SSSR count). The molecule has 0 atom stereocenters. The lowest BCUT2D eigenvalue weighted by Gasteiger charge is -2.21. The van der Waals surface area contributed by atoms with Gasteiger partial charge in [-0.2, -0.15) is 21.0 Å². The molecule has 39 heavy (non-hydrogen) atoms. The summed E-state index contributed by atoms with van der Waals surface area (Å²) < 4.78 is 2.11. The molecule has 5 aromatic carbocycles. The molecule has 0 aliphatic heterocycles. The predicted molar refractivity (Wildman–Crippen MR) is 151 cm³/mol. The molecule has 1 heterocycles. The van der Waals surface area contributed by atoms with Crippen molar-refractivity contribution in [2.75, 3.05) is 0 Å². The first-order valence-electron chi connectivity index (χ1n) is 12.2. The van der Waals surface area contributed by atoms with E-state index in [-0.39, 0.29) is 0 Å². The Morgan fingerprint density at radius 3 is 1.15 bits per heavy atom. The highest BCUT2D eigenvalue weighted by Gasteiger charge is 2.24. The minimum absolute atomic E-state index is 0.363. The maximum atomic E-state index is 10.1. The fourth-order valence-electron chi connectivity index (χ4n) is 5.41. The van der Waals surface area contributed by atoms with E-state index in [9.17, 15) is 21.0 Å². The van der Waals surface area contributed by atoms with Crippen LogP contribution in [0.25, 0.3) is 49.7 Å². The molecule has 0 saturated carbocycles. The highest BCUT2D eigenvalue weighted by molar-refractivity contribution is 6.11. The molecule has 5 nitrogen and oxygen atoms in total. The van der Waals surface area contributed by atoms with E-state index in [0.29, 0.717) is 50.2 Å². The number of nitrogens with zero attached hydrogens (tertiary/aromatic N) is 5. The van der Waals surface area contributed by atoms with E-state index >= 15 is 0 Å². The number of nitriles is 4. The zero-order valence-electron chi connectivity index (χ0n) is 20.6. The Morgan fingerprint density at radius 1 is 0.410 bits per heavy atom. The van der Waals surface area contributed by atoms with Crippen molar-refractivity contribution in [3.8, 4) is 52.2 Å². The van der Waals surface area contributed by atoms with E-state index in [0.717, 1.165) is 21.8 Å². The summed E-state index contributed by atoms with van der Waals surface area (Å²) in [5, 5.41) is 42.3. The SMILES string of the molecule is N#Cc1cccc(C#N)c1-c1cccc(-c2c(C#N)cccc2C#N)c1-n1c2ccccc2c2ccccc21. The van der Waals surface area contributed by atoms with Gasteiger partial charge in [0.05, 0.1) is 63.3 Å². The minimum atomic E-state index is 0.363. The Balaban J connectivity index is 1.90. The molecule has 5 heteroatoms. The highest BCUT2D eigenvalue weighted by atomic mass is 15.0. The molecule has 0 fully saturated rings. The van der Waals surface area contributed by atoms with E-state index in [1.165, 1.54) is 0 Å². The zero-order valence-corrected chi connectivity index (χ0v) is 20.6. The maximum Gasteiger partial charge on any atom is 0.0998 e. The second-order valence-electron chi connectivity index (χ2n) is 8.97. The van der Waals surface area contributed by atoms with E-state index in [1.807, 2.05) is 54.6 Å². The molecule has 0 radical (unpaired) electrons. The maximum absolute atomic E-state index is 10.1. The molecule has 0 bridgehead atoms. The Morgan fingerprint density at radius 2 is 0.769 bits per heavy atom. The van der Waals surface area contributed by atoms with Crippen molar-refractivity contribution in [3.63, 3.8) is 0 Å². The third-order valence-corrected chi connectivity index (χ3v) is 6.99. The molecule has 178 valence electrons. The molecule has 6 aromatic rings. The third kappa shape index (κ3) is 3.52. The van der Waals surface area contributed by atoms with Crippen LogP contribution in [0.15, 0.2) is 103 Å². The van der Waals surface area contributed by atoms with Crippen LogP contribution in [-0.4, -0.2) is 4.57 Å². The van der Waals surface area contributed by atoms with Crippen molar-refractivity contribution in [3.05, 3.63) is 125 Å². The van der Waals surface area contributed by atoms with Crippen LogP contribution in [0.2, 0.25) is 0 Å². The lowest BCUT2D eigenvalue weighted by Crippen LogP contribution is -2.04. The van der Waals surface area contributed by atoms with Gasteiger partial charge in [0.1, 0.15) is 0 Å². The van der Waals surface area contributed by atoms with Crippen molar-refractivity contribution >= 4 is 21.8 Å². The summed E-state index contributed by atoms with van der Waals surface area (Å²) in [4.78, 5) is 0. The molecule has 1 aromatic heterocycles. The topological polar surface area (TPSA) is 100 Å². The lowest BCUT2D eigenvalue weighted by atomic mass is 9.88. The molecule has 0 spiro atoms. The van der Waals surface area contributed by atoms with Gasteiger partial charge in [-0.05, 0) is 36.4 Å². The van der Waals surface area contributed by atoms with Gasteiger partial charge >= 0.3 is 0 Å². The van der Waals surface area contributed by atoms with E-state index in [1.54, 1.807) is 36.4 Å². The molecule has 0 aliphatic carbocycles. The van der Waals surface area contributed by atoms with Crippen LogP contribution in [0, 0.1) is 45.3 Å². The number of hydrogen-bond acceptors (Lipinski definition) is 4. The number of benzene rings is 5. The fourth-order valence-corrected chi connectivity index (χ4v) is 5.41. The number of para-hydroxylation sites is 3. The Hall–Kier alpha value is -6.14. The minimum Gasteiger partial charge on any atom is -0.308 e. The van der Waals surface area contributed by atoms with Crippen LogP contribution in [0.3, 0.4) is 0 Å². The number of rotatable bonds is 3. The zero-order chi connectivity index (χ0) is 26.9. The first-order valence-corrected chi connectivity index (χ1v) is 12.2. The number of fused-ring (bicyclic) bond motifs is 3. The third-order valence-electron chi connectivity index (χ3n) is 6.99. The van der Waals surface area contributed by atoms with Gasteiger partial charge < -0.3 is 4.57 Å². The van der Waals surface area contributed by atoms with Crippen molar-refractivity contribution in [2.45, 2.75) is 0 Å². The van der Waals surface area contributed by atoms with Gasteiger partial charge in [-0.25, -0.2) is 0 Å². The van der Waals surface area contributed by atoms with Crippen molar-refractivity contribution in [2.24, 2.45) is 0 Å². The molecule has 0 N–H and O–H groups in total. The van der Waals surface area contributed by atoms with E-state index in [2.05, 4.69) is 41.0 Å². The fraction of sp³-hybridized carbons (Fsp3) is 0. The molecular formula is C34H17N5. The first-order chi connectivity index (χ1) is 19.2. The van der Waals surface area contributed by atoms with Crippen molar-refractivity contribution in [1.82, 2.24) is 4.57 Å². The molecule has 0 saturated heterocycles. The highest BCUT2D eigenvalue weighted by Crippen LogP contribution is 2.44. The van der Waals surface area contributed by atoms with Crippen LogP contribution in [-0.2, 0) is 0 Å².